The Kier molecular flexibility index (Phi) is 7.59. The molecule has 0 bridgehead atoms. The van der Waals surface area contributed by atoms with Gasteiger partial charge in [-0.1, -0.05) is 82.3 Å². The third-order valence-corrected chi connectivity index (χ3v) is 5.71. The molecule has 0 spiro atoms. The molecule has 4 heteroatoms. The molecule has 156 valence electrons. The van der Waals surface area contributed by atoms with E-state index in [1.807, 2.05) is 30.3 Å². The molecule has 0 aromatic heterocycles. The van der Waals surface area contributed by atoms with E-state index in [4.69, 9.17) is 9.62 Å². The molecule has 3 rings (SSSR count). The molecular weight excluding hydrogens is 364 g/mol. The summed E-state index contributed by atoms with van der Waals surface area (Å²) in [5, 5.41) is 10.0. The van der Waals surface area contributed by atoms with Crippen LogP contribution in [-0.2, 0) is 21.8 Å². The number of rotatable bonds is 11. The van der Waals surface area contributed by atoms with Crippen LogP contribution in [0.15, 0.2) is 42.5 Å². The number of unbranched alkanes of at least 4 members (excludes halogenated alkanes) is 5. The van der Waals surface area contributed by atoms with Crippen LogP contribution in [0.1, 0.15) is 91.4 Å². The van der Waals surface area contributed by atoms with Crippen LogP contribution in [-0.4, -0.2) is 17.6 Å². The molecule has 2 aromatic rings. The molecule has 0 heterocycles. The fourth-order valence-corrected chi connectivity index (χ4v) is 4.08. The van der Waals surface area contributed by atoms with Crippen molar-refractivity contribution in [3.63, 3.8) is 0 Å². The summed E-state index contributed by atoms with van der Waals surface area (Å²) in [6.07, 6.45) is 8.56. The lowest BCUT2D eigenvalue weighted by molar-refractivity contribution is -0.396. The Balaban J connectivity index is 1.97. The molecule has 1 aliphatic rings. The lowest BCUT2D eigenvalue weighted by Crippen LogP contribution is -2.40. The number of carbonyl (C=O) groups excluding carboxylic acids is 1. The van der Waals surface area contributed by atoms with Crippen molar-refractivity contribution < 1.29 is 19.7 Å². The second-order valence-electron chi connectivity index (χ2n) is 7.83. The zero-order chi connectivity index (χ0) is 20.7. The molecule has 0 amide bonds. The van der Waals surface area contributed by atoms with Crippen LogP contribution in [0.4, 0.5) is 0 Å². The molecule has 0 aliphatic heterocycles. The highest BCUT2D eigenvalue weighted by atomic mass is 17.1. The van der Waals surface area contributed by atoms with Crippen LogP contribution < -0.4 is 0 Å². The lowest BCUT2D eigenvalue weighted by atomic mass is 9.79. The molecule has 1 atom stereocenters. The van der Waals surface area contributed by atoms with E-state index < -0.39 is 5.79 Å². The molecule has 0 radical (unpaired) electrons. The first-order valence-electron chi connectivity index (χ1n) is 10.9. The van der Waals surface area contributed by atoms with Gasteiger partial charge in [0, 0.05) is 22.3 Å². The summed E-state index contributed by atoms with van der Waals surface area (Å²) in [6.45, 7) is 4.79. The predicted molar refractivity (Wildman–Crippen MR) is 114 cm³/mol. The molecule has 2 aromatic carbocycles. The maximum absolute atomic E-state index is 13.2. The van der Waals surface area contributed by atoms with Gasteiger partial charge in [-0.25, -0.2) is 5.26 Å². The SMILES string of the molecule is CCCCCCOC1(OO)c2ccccc2C(=O)c2cc(CCCCC)ccc21. The second kappa shape index (κ2) is 10.1. The monoisotopic (exact) mass is 396 g/mol. The Morgan fingerprint density at radius 1 is 0.862 bits per heavy atom. The van der Waals surface area contributed by atoms with E-state index in [-0.39, 0.29) is 5.78 Å². The number of ether oxygens (including phenoxy) is 1. The van der Waals surface area contributed by atoms with Crippen LogP contribution in [0.5, 0.6) is 0 Å². The zero-order valence-electron chi connectivity index (χ0n) is 17.6. The summed E-state index contributed by atoms with van der Waals surface area (Å²) in [5.41, 5.74) is 3.35. The molecule has 1 aliphatic carbocycles. The normalized spacial score (nSPS) is 17.8. The maximum atomic E-state index is 13.2. The molecule has 0 saturated heterocycles. The van der Waals surface area contributed by atoms with E-state index in [1.54, 1.807) is 12.1 Å². The summed E-state index contributed by atoms with van der Waals surface area (Å²) in [4.78, 5) is 18.3. The van der Waals surface area contributed by atoms with E-state index in [2.05, 4.69) is 13.8 Å². The highest BCUT2D eigenvalue weighted by molar-refractivity contribution is 6.13. The quantitative estimate of drug-likeness (QED) is 0.211. The lowest BCUT2D eigenvalue weighted by Gasteiger charge is -2.37. The van der Waals surface area contributed by atoms with Gasteiger partial charge in [-0.05, 0) is 30.9 Å². The number of hydrogen-bond acceptors (Lipinski definition) is 4. The van der Waals surface area contributed by atoms with Crippen molar-refractivity contribution in [2.24, 2.45) is 0 Å². The van der Waals surface area contributed by atoms with Crippen molar-refractivity contribution in [3.05, 3.63) is 70.3 Å². The van der Waals surface area contributed by atoms with Crippen molar-refractivity contribution in [3.8, 4) is 0 Å². The summed E-state index contributed by atoms with van der Waals surface area (Å²) in [5.74, 6) is -1.51. The molecule has 4 nitrogen and oxygen atoms in total. The Morgan fingerprint density at radius 3 is 2.34 bits per heavy atom. The van der Waals surface area contributed by atoms with E-state index >= 15 is 0 Å². The van der Waals surface area contributed by atoms with Gasteiger partial charge in [0.25, 0.3) is 5.79 Å². The van der Waals surface area contributed by atoms with Gasteiger partial charge in [-0.2, -0.15) is 4.89 Å². The molecular formula is C25H32O4. The van der Waals surface area contributed by atoms with E-state index in [9.17, 15) is 10.1 Å². The Morgan fingerprint density at radius 2 is 1.59 bits per heavy atom. The molecule has 1 unspecified atom stereocenters. The van der Waals surface area contributed by atoms with Crippen molar-refractivity contribution in [2.75, 3.05) is 6.61 Å². The minimum atomic E-state index is -1.46. The standard InChI is InChI=1S/C25H32O4/c1-3-5-7-11-17-28-25(29-27)22-14-10-9-13-20(22)24(26)21-18-19(12-8-6-4-2)15-16-23(21)25/h9-10,13-16,18,27H,3-8,11-12,17H2,1-2H3. The van der Waals surface area contributed by atoms with Gasteiger partial charge < -0.3 is 4.74 Å². The molecule has 0 fully saturated rings. The smallest absolute Gasteiger partial charge is 0.255 e. The Labute approximate surface area is 173 Å². The van der Waals surface area contributed by atoms with Crippen LogP contribution in [0, 0.1) is 0 Å². The summed E-state index contributed by atoms with van der Waals surface area (Å²) in [7, 11) is 0. The predicted octanol–water partition coefficient (Wildman–Crippen LogP) is 6.25. The van der Waals surface area contributed by atoms with E-state index in [1.165, 1.54) is 6.42 Å². The average molecular weight is 397 g/mol. The van der Waals surface area contributed by atoms with Gasteiger partial charge in [0.05, 0.1) is 6.61 Å². The fraction of sp³-hybridized carbons (Fsp3) is 0.480. The molecule has 1 N–H and O–H groups in total. The summed E-state index contributed by atoms with van der Waals surface area (Å²) < 4.78 is 6.18. The highest BCUT2D eigenvalue weighted by Gasteiger charge is 2.46. The second-order valence-corrected chi connectivity index (χ2v) is 7.83. The van der Waals surface area contributed by atoms with Crippen LogP contribution in [0.3, 0.4) is 0 Å². The van der Waals surface area contributed by atoms with Gasteiger partial charge in [-0.15, -0.1) is 0 Å². The minimum absolute atomic E-state index is 0.0461. The Hall–Kier alpha value is -2.01. The largest absolute Gasteiger partial charge is 0.340 e. The van der Waals surface area contributed by atoms with Gasteiger partial charge in [-0.3, -0.25) is 4.79 Å². The van der Waals surface area contributed by atoms with Crippen molar-refractivity contribution in [2.45, 2.75) is 71.0 Å². The fourth-order valence-electron chi connectivity index (χ4n) is 4.08. The van der Waals surface area contributed by atoms with Crippen LogP contribution >= 0.6 is 0 Å². The van der Waals surface area contributed by atoms with Gasteiger partial charge in [0.1, 0.15) is 0 Å². The molecule has 29 heavy (non-hydrogen) atoms. The van der Waals surface area contributed by atoms with E-state index in [0.717, 1.165) is 50.5 Å². The van der Waals surface area contributed by atoms with Crippen LogP contribution in [0.25, 0.3) is 0 Å². The topological polar surface area (TPSA) is 55.8 Å². The number of aryl methyl sites for hydroxylation is 1. The van der Waals surface area contributed by atoms with Crippen molar-refractivity contribution >= 4 is 5.78 Å². The van der Waals surface area contributed by atoms with Gasteiger partial charge >= 0.3 is 0 Å². The number of carbonyl (C=O) groups is 1. The van der Waals surface area contributed by atoms with Crippen molar-refractivity contribution in [1.29, 1.82) is 0 Å². The number of ketones is 1. The van der Waals surface area contributed by atoms with E-state index in [0.29, 0.717) is 28.9 Å². The van der Waals surface area contributed by atoms with Crippen molar-refractivity contribution in [1.82, 2.24) is 0 Å². The van der Waals surface area contributed by atoms with Gasteiger partial charge in [0.2, 0.25) is 0 Å². The zero-order valence-corrected chi connectivity index (χ0v) is 17.6. The number of hydrogen-bond donors (Lipinski definition) is 1. The third kappa shape index (κ3) is 4.45. The first-order valence-corrected chi connectivity index (χ1v) is 10.9. The maximum Gasteiger partial charge on any atom is 0.255 e. The molecule has 0 saturated carbocycles. The third-order valence-electron chi connectivity index (χ3n) is 5.71. The first kappa shape index (κ1) is 21.7. The number of fused-ring (bicyclic) bond motifs is 2. The van der Waals surface area contributed by atoms with Gasteiger partial charge in [0.15, 0.2) is 5.78 Å². The summed E-state index contributed by atoms with van der Waals surface area (Å²) in [6, 6.07) is 13.1. The number of benzene rings is 2. The summed E-state index contributed by atoms with van der Waals surface area (Å²) >= 11 is 0. The minimum Gasteiger partial charge on any atom is -0.340 e. The first-order chi connectivity index (χ1) is 14.2. The highest BCUT2D eigenvalue weighted by Crippen LogP contribution is 2.43. The van der Waals surface area contributed by atoms with Crippen LogP contribution in [0.2, 0.25) is 0 Å². The average Bonchev–Trinajstić information content (AvgIpc) is 2.76. The Bertz CT molecular complexity index is 829.